The van der Waals surface area contributed by atoms with Crippen LogP contribution in [0.5, 0.6) is 5.75 Å². The van der Waals surface area contributed by atoms with Crippen molar-refractivity contribution in [1.82, 2.24) is 19.4 Å². The number of carbonyl (C=O) groups is 1. The van der Waals surface area contributed by atoms with E-state index in [1.165, 1.54) is 0 Å². The maximum absolute atomic E-state index is 12.4. The van der Waals surface area contributed by atoms with Gasteiger partial charge >= 0.3 is 0 Å². The molecule has 2 heterocycles. The van der Waals surface area contributed by atoms with E-state index in [2.05, 4.69) is 28.3 Å². The number of imidazole rings is 1. The van der Waals surface area contributed by atoms with E-state index in [0.717, 1.165) is 45.1 Å². The molecule has 1 aliphatic rings. The smallest absolute Gasteiger partial charge is 0.260 e. The minimum Gasteiger partial charge on any atom is -0.484 e. The van der Waals surface area contributed by atoms with Crippen LogP contribution < -0.4 is 4.74 Å². The standard InChI is InChI=1S/C20H27ClN4O2/c1-16(2)20-22-7-8-25(20)14-11-23-9-12-24(13-10-23)19(26)15-27-18-5-3-17(21)4-6-18/h3-8,16H,9-15H2,1-2H3. The lowest BCUT2D eigenvalue weighted by atomic mass is 10.2. The normalized spacial score (nSPS) is 15.3. The zero-order valence-corrected chi connectivity index (χ0v) is 16.7. The van der Waals surface area contributed by atoms with Crippen molar-refractivity contribution in [3.8, 4) is 5.75 Å². The predicted octanol–water partition coefficient (Wildman–Crippen LogP) is 2.88. The van der Waals surface area contributed by atoms with Crippen molar-refractivity contribution in [2.24, 2.45) is 0 Å². The highest BCUT2D eigenvalue weighted by molar-refractivity contribution is 6.30. The van der Waals surface area contributed by atoms with E-state index in [4.69, 9.17) is 16.3 Å². The molecule has 0 N–H and O–H groups in total. The summed E-state index contributed by atoms with van der Waals surface area (Å²) in [7, 11) is 0. The fraction of sp³-hybridized carbons (Fsp3) is 0.500. The molecule has 1 aromatic carbocycles. The van der Waals surface area contributed by atoms with E-state index in [1.54, 1.807) is 24.3 Å². The summed E-state index contributed by atoms with van der Waals surface area (Å²) in [6.45, 7) is 9.55. The zero-order chi connectivity index (χ0) is 19.2. The van der Waals surface area contributed by atoms with Gasteiger partial charge in [-0.1, -0.05) is 25.4 Å². The Bertz CT molecular complexity index is 737. The molecule has 146 valence electrons. The van der Waals surface area contributed by atoms with Crippen LogP contribution in [0.15, 0.2) is 36.7 Å². The van der Waals surface area contributed by atoms with Crippen LogP contribution in [0.4, 0.5) is 0 Å². The van der Waals surface area contributed by atoms with Gasteiger partial charge in [-0.25, -0.2) is 4.98 Å². The largest absolute Gasteiger partial charge is 0.484 e. The van der Waals surface area contributed by atoms with Gasteiger partial charge in [0.2, 0.25) is 0 Å². The Hall–Kier alpha value is -2.05. The molecule has 1 amide bonds. The first-order chi connectivity index (χ1) is 13.0. The molecule has 1 aliphatic heterocycles. The molecule has 0 saturated carbocycles. The quantitative estimate of drug-likeness (QED) is 0.729. The lowest BCUT2D eigenvalue weighted by Crippen LogP contribution is -2.50. The number of ether oxygens (including phenoxy) is 1. The maximum Gasteiger partial charge on any atom is 0.260 e. The average Bonchev–Trinajstić information content (AvgIpc) is 3.15. The summed E-state index contributed by atoms with van der Waals surface area (Å²) < 4.78 is 7.79. The number of hydrogen-bond acceptors (Lipinski definition) is 4. The summed E-state index contributed by atoms with van der Waals surface area (Å²) in [6.07, 6.45) is 3.91. The highest BCUT2D eigenvalue weighted by Crippen LogP contribution is 2.16. The number of halogens is 1. The average molecular weight is 391 g/mol. The van der Waals surface area contributed by atoms with Gasteiger partial charge in [0.05, 0.1) is 0 Å². The van der Waals surface area contributed by atoms with Crippen molar-refractivity contribution in [1.29, 1.82) is 0 Å². The predicted molar refractivity (Wildman–Crippen MR) is 106 cm³/mol. The van der Waals surface area contributed by atoms with E-state index >= 15 is 0 Å². The maximum atomic E-state index is 12.4. The topological polar surface area (TPSA) is 50.6 Å². The number of aromatic nitrogens is 2. The van der Waals surface area contributed by atoms with Crippen molar-refractivity contribution in [3.05, 3.63) is 47.5 Å². The molecule has 2 aromatic rings. The first kappa shape index (κ1) is 19.7. The summed E-state index contributed by atoms with van der Waals surface area (Å²) in [5.74, 6) is 2.24. The lowest BCUT2D eigenvalue weighted by Gasteiger charge is -2.34. The number of hydrogen-bond donors (Lipinski definition) is 0. The van der Waals surface area contributed by atoms with Crippen molar-refractivity contribution < 1.29 is 9.53 Å². The van der Waals surface area contributed by atoms with E-state index < -0.39 is 0 Å². The van der Waals surface area contributed by atoms with Gasteiger partial charge < -0.3 is 14.2 Å². The van der Waals surface area contributed by atoms with Crippen LogP contribution in [-0.2, 0) is 11.3 Å². The molecule has 1 aromatic heterocycles. The van der Waals surface area contributed by atoms with Crippen LogP contribution >= 0.6 is 11.6 Å². The highest BCUT2D eigenvalue weighted by atomic mass is 35.5. The number of amides is 1. The van der Waals surface area contributed by atoms with Gasteiger partial charge in [-0.3, -0.25) is 9.69 Å². The molecule has 27 heavy (non-hydrogen) atoms. The van der Waals surface area contributed by atoms with Crippen LogP contribution in [0.1, 0.15) is 25.6 Å². The monoisotopic (exact) mass is 390 g/mol. The Morgan fingerprint density at radius 1 is 1.15 bits per heavy atom. The van der Waals surface area contributed by atoms with E-state index in [-0.39, 0.29) is 12.5 Å². The lowest BCUT2D eigenvalue weighted by molar-refractivity contribution is -0.135. The Balaban J connectivity index is 1.39. The van der Waals surface area contributed by atoms with Crippen LogP contribution in [-0.4, -0.2) is 64.6 Å². The summed E-state index contributed by atoms with van der Waals surface area (Å²) in [4.78, 5) is 21.1. The summed E-state index contributed by atoms with van der Waals surface area (Å²) >= 11 is 5.85. The molecule has 6 nitrogen and oxygen atoms in total. The summed E-state index contributed by atoms with van der Waals surface area (Å²) in [6, 6.07) is 7.06. The molecule has 0 unspecified atom stereocenters. The van der Waals surface area contributed by atoms with Gasteiger partial charge in [0, 0.05) is 62.6 Å². The molecule has 0 bridgehead atoms. The minimum atomic E-state index is 0.0290. The SMILES string of the molecule is CC(C)c1nccn1CCN1CCN(C(=O)COc2ccc(Cl)cc2)CC1. The Morgan fingerprint density at radius 2 is 1.85 bits per heavy atom. The van der Waals surface area contributed by atoms with Gasteiger partial charge in [-0.15, -0.1) is 0 Å². The minimum absolute atomic E-state index is 0.0290. The van der Waals surface area contributed by atoms with Gasteiger partial charge in [-0.05, 0) is 24.3 Å². The molecule has 3 rings (SSSR count). The Kier molecular flexibility index (Phi) is 6.74. The van der Waals surface area contributed by atoms with Crippen LogP contribution in [0.2, 0.25) is 5.02 Å². The molecule has 0 aliphatic carbocycles. The first-order valence-electron chi connectivity index (χ1n) is 9.42. The number of piperazine rings is 1. The second kappa shape index (κ2) is 9.24. The summed E-state index contributed by atoms with van der Waals surface area (Å²) in [5, 5.41) is 0.654. The fourth-order valence-electron chi connectivity index (χ4n) is 3.25. The highest BCUT2D eigenvalue weighted by Gasteiger charge is 2.21. The zero-order valence-electron chi connectivity index (χ0n) is 16.0. The second-order valence-corrected chi connectivity index (χ2v) is 7.53. The van der Waals surface area contributed by atoms with Gasteiger partial charge in [-0.2, -0.15) is 0 Å². The van der Waals surface area contributed by atoms with Crippen molar-refractivity contribution in [2.75, 3.05) is 39.3 Å². The molecular formula is C20H27ClN4O2. The Morgan fingerprint density at radius 3 is 2.52 bits per heavy atom. The van der Waals surface area contributed by atoms with Crippen LogP contribution in [0, 0.1) is 0 Å². The molecule has 7 heteroatoms. The second-order valence-electron chi connectivity index (χ2n) is 7.10. The number of nitrogens with zero attached hydrogens (tertiary/aromatic N) is 4. The van der Waals surface area contributed by atoms with E-state index in [0.29, 0.717) is 16.7 Å². The third-order valence-electron chi connectivity index (χ3n) is 4.82. The molecule has 1 saturated heterocycles. The third-order valence-corrected chi connectivity index (χ3v) is 5.07. The number of rotatable bonds is 7. The van der Waals surface area contributed by atoms with Crippen molar-refractivity contribution >= 4 is 17.5 Å². The fourth-order valence-corrected chi connectivity index (χ4v) is 3.37. The molecular weight excluding hydrogens is 364 g/mol. The third kappa shape index (κ3) is 5.47. The molecule has 0 atom stereocenters. The molecule has 0 spiro atoms. The number of benzene rings is 1. The summed E-state index contributed by atoms with van der Waals surface area (Å²) in [5.41, 5.74) is 0. The number of carbonyl (C=O) groups excluding carboxylic acids is 1. The van der Waals surface area contributed by atoms with Crippen molar-refractivity contribution in [3.63, 3.8) is 0 Å². The van der Waals surface area contributed by atoms with Gasteiger partial charge in [0.1, 0.15) is 11.6 Å². The van der Waals surface area contributed by atoms with E-state index in [9.17, 15) is 4.79 Å². The van der Waals surface area contributed by atoms with Crippen LogP contribution in [0.25, 0.3) is 0 Å². The van der Waals surface area contributed by atoms with E-state index in [1.807, 2.05) is 17.3 Å². The molecule has 1 fully saturated rings. The first-order valence-corrected chi connectivity index (χ1v) is 9.80. The van der Waals surface area contributed by atoms with Crippen molar-refractivity contribution in [2.45, 2.75) is 26.3 Å². The van der Waals surface area contributed by atoms with Gasteiger partial charge in [0.25, 0.3) is 5.91 Å². The Labute approximate surface area is 165 Å². The molecule has 0 radical (unpaired) electrons. The van der Waals surface area contributed by atoms with Crippen LogP contribution in [0.3, 0.4) is 0 Å². The van der Waals surface area contributed by atoms with Gasteiger partial charge in [0.15, 0.2) is 6.61 Å².